The number of benzene rings is 1. The highest BCUT2D eigenvalue weighted by atomic mass is 79.9. The van der Waals surface area contributed by atoms with Crippen LogP contribution in [-0.4, -0.2) is 16.2 Å². The third-order valence-corrected chi connectivity index (χ3v) is 3.33. The molecule has 0 unspecified atom stereocenters. The first kappa shape index (κ1) is 9.52. The number of carboxylic acid groups (broad SMARTS) is 1. The highest BCUT2D eigenvalue weighted by Gasteiger charge is 2.51. The molecule has 1 saturated carbocycles. The van der Waals surface area contributed by atoms with Crippen molar-refractivity contribution in [2.24, 2.45) is 0 Å². The van der Waals surface area contributed by atoms with E-state index in [0.29, 0.717) is 22.9 Å². The first-order chi connectivity index (χ1) is 6.56. The van der Waals surface area contributed by atoms with E-state index in [1.807, 2.05) is 0 Å². The van der Waals surface area contributed by atoms with Gasteiger partial charge in [0.2, 0.25) is 0 Å². The molecule has 74 valence electrons. The lowest BCUT2D eigenvalue weighted by atomic mass is 9.96. The molecule has 4 heteroatoms. The van der Waals surface area contributed by atoms with Crippen LogP contribution in [0, 0.1) is 0 Å². The standard InChI is InChI=1S/C10H9BrO3/c11-7-2-1-6(5-8(7)12)10(3-4-10)9(13)14/h1-2,5,12H,3-4H2,(H,13,14). The zero-order chi connectivity index (χ0) is 10.3. The largest absolute Gasteiger partial charge is 0.507 e. The number of carboxylic acids is 1. The molecule has 1 aromatic carbocycles. The predicted molar refractivity (Wildman–Crippen MR) is 54.4 cm³/mol. The minimum Gasteiger partial charge on any atom is -0.507 e. The van der Waals surface area contributed by atoms with Gasteiger partial charge in [-0.3, -0.25) is 4.79 Å². The van der Waals surface area contributed by atoms with Gasteiger partial charge in [0.15, 0.2) is 0 Å². The van der Waals surface area contributed by atoms with E-state index in [1.165, 1.54) is 6.07 Å². The fourth-order valence-electron chi connectivity index (χ4n) is 1.56. The molecule has 0 radical (unpaired) electrons. The average molecular weight is 257 g/mol. The van der Waals surface area contributed by atoms with E-state index < -0.39 is 11.4 Å². The maximum absolute atomic E-state index is 11.0. The first-order valence-electron chi connectivity index (χ1n) is 4.29. The van der Waals surface area contributed by atoms with E-state index >= 15 is 0 Å². The van der Waals surface area contributed by atoms with Gasteiger partial charge in [0.05, 0.1) is 9.89 Å². The molecule has 0 bridgehead atoms. The number of hydrogen-bond donors (Lipinski definition) is 2. The van der Waals surface area contributed by atoms with E-state index in [-0.39, 0.29) is 5.75 Å². The monoisotopic (exact) mass is 256 g/mol. The number of aromatic hydroxyl groups is 1. The molecule has 3 nitrogen and oxygen atoms in total. The van der Waals surface area contributed by atoms with Crippen LogP contribution < -0.4 is 0 Å². The van der Waals surface area contributed by atoms with Gasteiger partial charge in [-0.1, -0.05) is 6.07 Å². The van der Waals surface area contributed by atoms with Gasteiger partial charge in [-0.05, 0) is 46.5 Å². The summed E-state index contributed by atoms with van der Waals surface area (Å²) >= 11 is 3.16. The van der Waals surface area contributed by atoms with Crippen LogP contribution >= 0.6 is 15.9 Å². The quantitative estimate of drug-likeness (QED) is 0.854. The molecule has 0 amide bonds. The second kappa shape index (κ2) is 2.98. The Morgan fingerprint density at radius 3 is 2.50 bits per heavy atom. The fourth-order valence-corrected chi connectivity index (χ4v) is 1.81. The van der Waals surface area contributed by atoms with Crippen molar-refractivity contribution in [1.29, 1.82) is 0 Å². The van der Waals surface area contributed by atoms with Gasteiger partial charge in [-0.15, -0.1) is 0 Å². The van der Waals surface area contributed by atoms with E-state index in [0.717, 1.165) is 0 Å². The van der Waals surface area contributed by atoms with Gasteiger partial charge in [-0.25, -0.2) is 0 Å². The lowest BCUT2D eigenvalue weighted by molar-refractivity contribution is -0.140. The Morgan fingerprint density at radius 2 is 2.07 bits per heavy atom. The SMILES string of the molecule is O=C(O)C1(c2ccc(Br)c(O)c2)CC1. The molecule has 0 spiro atoms. The molecular weight excluding hydrogens is 248 g/mol. The smallest absolute Gasteiger partial charge is 0.314 e. The van der Waals surface area contributed by atoms with E-state index in [4.69, 9.17) is 5.11 Å². The van der Waals surface area contributed by atoms with Crippen LogP contribution in [0.2, 0.25) is 0 Å². The average Bonchev–Trinajstić information content (AvgIpc) is 2.90. The summed E-state index contributed by atoms with van der Waals surface area (Å²) in [5.41, 5.74) is -0.0521. The van der Waals surface area contributed by atoms with Crippen LogP contribution in [0.4, 0.5) is 0 Å². The van der Waals surface area contributed by atoms with E-state index in [2.05, 4.69) is 15.9 Å². The highest BCUT2D eigenvalue weighted by Crippen LogP contribution is 2.49. The Morgan fingerprint density at radius 1 is 1.43 bits per heavy atom. The number of phenolic OH excluding ortho intramolecular Hbond substituents is 1. The maximum Gasteiger partial charge on any atom is 0.314 e. The number of aliphatic carboxylic acids is 1. The van der Waals surface area contributed by atoms with Crippen molar-refractivity contribution in [1.82, 2.24) is 0 Å². The Labute approximate surface area is 89.5 Å². The second-order valence-electron chi connectivity index (χ2n) is 3.55. The molecule has 0 saturated heterocycles. The van der Waals surface area contributed by atoms with Crippen LogP contribution in [0.1, 0.15) is 18.4 Å². The normalized spacial score (nSPS) is 17.8. The molecule has 2 rings (SSSR count). The molecule has 0 atom stereocenters. The molecule has 0 heterocycles. The van der Waals surface area contributed by atoms with Gasteiger partial charge >= 0.3 is 5.97 Å². The van der Waals surface area contributed by atoms with Crippen LogP contribution in [0.15, 0.2) is 22.7 Å². The predicted octanol–water partition coefficient (Wildman–Crippen LogP) is 2.27. The lowest BCUT2D eigenvalue weighted by Gasteiger charge is -2.10. The third kappa shape index (κ3) is 1.30. The lowest BCUT2D eigenvalue weighted by Crippen LogP contribution is -2.19. The summed E-state index contributed by atoms with van der Waals surface area (Å²) in [5, 5.41) is 18.5. The molecule has 1 aliphatic rings. The maximum atomic E-state index is 11.0. The molecule has 1 aliphatic carbocycles. The summed E-state index contributed by atoms with van der Waals surface area (Å²) in [6, 6.07) is 4.93. The topological polar surface area (TPSA) is 57.5 Å². The first-order valence-corrected chi connectivity index (χ1v) is 5.08. The molecular formula is C10H9BrO3. The van der Waals surface area contributed by atoms with Crippen LogP contribution in [-0.2, 0) is 10.2 Å². The third-order valence-electron chi connectivity index (χ3n) is 2.66. The number of carbonyl (C=O) groups is 1. The zero-order valence-corrected chi connectivity index (χ0v) is 8.91. The summed E-state index contributed by atoms with van der Waals surface area (Å²) in [6.45, 7) is 0. The summed E-state index contributed by atoms with van der Waals surface area (Å²) < 4.78 is 0.586. The Hall–Kier alpha value is -1.03. The van der Waals surface area contributed by atoms with Crippen LogP contribution in [0.25, 0.3) is 0 Å². The fraction of sp³-hybridized carbons (Fsp3) is 0.300. The molecule has 1 fully saturated rings. The molecule has 14 heavy (non-hydrogen) atoms. The van der Waals surface area contributed by atoms with Crippen molar-refractivity contribution in [2.45, 2.75) is 18.3 Å². The summed E-state index contributed by atoms with van der Waals surface area (Å²) in [6.07, 6.45) is 1.31. The van der Waals surface area contributed by atoms with Crippen molar-refractivity contribution < 1.29 is 15.0 Å². The van der Waals surface area contributed by atoms with Gasteiger partial charge in [0.25, 0.3) is 0 Å². The molecule has 1 aromatic rings. The van der Waals surface area contributed by atoms with Crippen LogP contribution in [0.5, 0.6) is 5.75 Å². The molecule has 2 N–H and O–H groups in total. The van der Waals surface area contributed by atoms with Crippen molar-refractivity contribution >= 4 is 21.9 Å². The Balaban J connectivity index is 2.43. The Kier molecular flexibility index (Phi) is 2.03. The molecule has 0 aliphatic heterocycles. The summed E-state index contributed by atoms with van der Waals surface area (Å²) in [4.78, 5) is 11.0. The molecule has 0 aromatic heterocycles. The van der Waals surface area contributed by atoms with Crippen LogP contribution in [0.3, 0.4) is 0 Å². The Bertz CT molecular complexity index is 396. The van der Waals surface area contributed by atoms with Crippen molar-refractivity contribution in [2.75, 3.05) is 0 Å². The van der Waals surface area contributed by atoms with Gasteiger partial charge in [0.1, 0.15) is 5.75 Å². The van der Waals surface area contributed by atoms with Gasteiger partial charge in [0, 0.05) is 0 Å². The van der Waals surface area contributed by atoms with Gasteiger partial charge < -0.3 is 10.2 Å². The number of rotatable bonds is 2. The minimum absolute atomic E-state index is 0.0926. The zero-order valence-electron chi connectivity index (χ0n) is 7.33. The summed E-state index contributed by atoms with van der Waals surface area (Å²) in [5.74, 6) is -0.714. The van der Waals surface area contributed by atoms with E-state index in [9.17, 15) is 9.90 Å². The van der Waals surface area contributed by atoms with Crippen molar-refractivity contribution in [3.63, 3.8) is 0 Å². The number of halogens is 1. The second-order valence-corrected chi connectivity index (χ2v) is 4.41. The number of hydrogen-bond acceptors (Lipinski definition) is 2. The number of phenols is 1. The minimum atomic E-state index is -0.806. The van der Waals surface area contributed by atoms with Crippen molar-refractivity contribution in [3.05, 3.63) is 28.2 Å². The summed E-state index contributed by atoms with van der Waals surface area (Å²) in [7, 11) is 0. The highest BCUT2D eigenvalue weighted by molar-refractivity contribution is 9.10. The van der Waals surface area contributed by atoms with Gasteiger partial charge in [-0.2, -0.15) is 0 Å². The van der Waals surface area contributed by atoms with Crippen molar-refractivity contribution in [3.8, 4) is 5.75 Å². The van der Waals surface area contributed by atoms with E-state index in [1.54, 1.807) is 12.1 Å².